The molecular formula is C12H11F3N2O4. The Morgan fingerprint density at radius 2 is 2.10 bits per heavy atom. The Morgan fingerprint density at radius 1 is 1.43 bits per heavy atom. The molecule has 1 N–H and O–H groups in total. The molecule has 0 unspecified atom stereocenters. The summed E-state index contributed by atoms with van der Waals surface area (Å²) in [6.45, 7) is -1.14. The van der Waals surface area contributed by atoms with Crippen LogP contribution in [-0.2, 0) is 0 Å². The van der Waals surface area contributed by atoms with E-state index in [0.29, 0.717) is 0 Å². The Bertz CT molecular complexity index is 590. The fraction of sp³-hybridized carbons (Fsp3) is 0.417. The summed E-state index contributed by atoms with van der Waals surface area (Å²) in [5.41, 5.74) is -3.34. The van der Waals surface area contributed by atoms with E-state index in [0.717, 1.165) is 11.0 Å². The van der Waals surface area contributed by atoms with Crippen molar-refractivity contribution in [2.75, 3.05) is 13.1 Å². The lowest BCUT2D eigenvalue weighted by molar-refractivity contribution is -0.384. The van der Waals surface area contributed by atoms with Crippen molar-refractivity contribution in [3.8, 4) is 0 Å². The van der Waals surface area contributed by atoms with Gasteiger partial charge in [-0.05, 0) is 6.07 Å². The van der Waals surface area contributed by atoms with Crippen LogP contribution in [0.4, 0.5) is 18.9 Å². The number of likely N-dealkylation sites (tertiary alicyclic amines) is 1. The van der Waals surface area contributed by atoms with Crippen LogP contribution >= 0.6 is 0 Å². The van der Waals surface area contributed by atoms with Crippen LogP contribution in [0.5, 0.6) is 0 Å². The summed E-state index contributed by atoms with van der Waals surface area (Å²) in [6, 6.07) is 4.72. The predicted molar refractivity (Wildman–Crippen MR) is 64.6 cm³/mol. The summed E-state index contributed by atoms with van der Waals surface area (Å²) in [4.78, 5) is 22.8. The van der Waals surface area contributed by atoms with E-state index in [1.807, 2.05) is 0 Å². The van der Waals surface area contributed by atoms with Crippen LogP contribution in [0.2, 0.25) is 0 Å². The summed E-state index contributed by atoms with van der Waals surface area (Å²) >= 11 is 0. The highest BCUT2D eigenvalue weighted by Crippen LogP contribution is 2.38. The molecule has 2 rings (SSSR count). The Hall–Kier alpha value is -2.16. The molecule has 1 atom stereocenters. The summed E-state index contributed by atoms with van der Waals surface area (Å²) in [6.07, 6.45) is -5.44. The second kappa shape index (κ2) is 4.99. The van der Waals surface area contributed by atoms with Gasteiger partial charge in [-0.2, -0.15) is 13.2 Å². The maximum absolute atomic E-state index is 12.7. The number of halogens is 3. The van der Waals surface area contributed by atoms with E-state index in [9.17, 15) is 33.2 Å². The molecule has 0 radical (unpaired) electrons. The lowest BCUT2D eigenvalue weighted by Gasteiger charge is -2.25. The molecule has 0 bridgehead atoms. The lowest BCUT2D eigenvalue weighted by atomic mass is 10.0. The highest BCUT2D eigenvalue weighted by atomic mass is 19.4. The SMILES string of the molecule is O=C(c1cccc([N+](=O)[O-])c1)N1CC[C@@](O)(C(F)(F)F)C1. The normalized spacial score (nSPS) is 22.4. The molecule has 1 fully saturated rings. The van der Waals surface area contributed by atoms with Gasteiger partial charge in [0, 0.05) is 30.7 Å². The highest BCUT2D eigenvalue weighted by Gasteiger charge is 2.57. The number of non-ortho nitro benzene ring substituents is 1. The van der Waals surface area contributed by atoms with Gasteiger partial charge in [0.25, 0.3) is 11.6 Å². The van der Waals surface area contributed by atoms with Crippen LogP contribution in [0.3, 0.4) is 0 Å². The van der Waals surface area contributed by atoms with Gasteiger partial charge >= 0.3 is 6.18 Å². The molecule has 21 heavy (non-hydrogen) atoms. The summed E-state index contributed by atoms with van der Waals surface area (Å²) in [7, 11) is 0. The maximum atomic E-state index is 12.7. The quantitative estimate of drug-likeness (QED) is 0.666. The van der Waals surface area contributed by atoms with Crippen molar-refractivity contribution in [1.82, 2.24) is 4.90 Å². The van der Waals surface area contributed by atoms with Gasteiger partial charge in [-0.3, -0.25) is 14.9 Å². The van der Waals surface area contributed by atoms with Crippen molar-refractivity contribution in [1.29, 1.82) is 0 Å². The third kappa shape index (κ3) is 2.82. The van der Waals surface area contributed by atoms with Crippen molar-refractivity contribution in [2.45, 2.75) is 18.2 Å². The number of aliphatic hydroxyl groups is 1. The number of β-amino-alcohol motifs (C(OH)–C–C–N with tert-alkyl or cyclic N) is 1. The van der Waals surface area contributed by atoms with E-state index in [4.69, 9.17) is 0 Å². The Balaban J connectivity index is 2.19. The molecule has 1 heterocycles. The van der Waals surface area contributed by atoms with Crippen LogP contribution in [0.15, 0.2) is 24.3 Å². The molecule has 1 aromatic rings. The minimum atomic E-state index is -4.83. The number of hydrogen-bond acceptors (Lipinski definition) is 4. The molecule has 9 heteroatoms. The fourth-order valence-electron chi connectivity index (χ4n) is 2.13. The standard InChI is InChI=1S/C12H11F3N2O4/c13-12(14,15)11(19)4-5-16(7-11)10(18)8-2-1-3-9(6-8)17(20)21/h1-3,6,19H,4-5,7H2/t11-/m0/s1. The second-order valence-corrected chi connectivity index (χ2v) is 4.81. The number of amides is 1. The van der Waals surface area contributed by atoms with E-state index < -0.39 is 35.6 Å². The first-order chi connectivity index (χ1) is 9.64. The van der Waals surface area contributed by atoms with Gasteiger partial charge in [-0.25, -0.2) is 0 Å². The molecule has 1 aromatic carbocycles. The number of carbonyl (C=O) groups is 1. The van der Waals surface area contributed by atoms with Gasteiger partial charge in [0.15, 0.2) is 5.60 Å². The zero-order valence-corrected chi connectivity index (χ0v) is 10.6. The van der Waals surface area contributed by atoms with E-state index in [-0.39, 0.29) is 17.8 Å². The average Bonchev–Trinajstić information content (AvgIpc) is 2.81. The molecular weight excluding hydrogens is 293 g/mol. The number of benzene rings is 1. The summed E-state index contributed by atoms with van der Waals surface area (Å²) in [5, 5.41) is 20.1. The van der Waals surface area contributed by atoms with E-state index >= 15 is 0 Å². The first-order valence-electron chi connectivity index (χ1n) is 5.97. The maximum Gasteiger partial charge on any atom is 0.419 e. The van der Waals surface area contributed by atoms with Gasteiger partial charge in [-0.15, -0.1) is 0 Å². The summed E-state index contributed by atoms with van der Waals surface area (Å²) in [5.74, 6) is -0.779. The zero-order chi connectivity index (χ0) is 15.8. The number of nitrogens with zero attached hydrogens (tertiary/aromatic N) is 2. The monoisotopic (exact) mass is 304 g/mol. The van der Waals surface area contributed by atoms with Crippen molar-refractivity contribution >= 4 is 11.6 Å². The second-order valence-electron chi connectivity index (χ2n) is 4.81. The average molecular weight is 304 g/mol. The smallest absolute Gasteiger partial charge is 0.379 e. The van der Waals surface area contributed by atoms with Crippen LogP contribution in [0.25, 0.3) is 0 Å². The largest absolute Gasteiger partial charge is 0.419 e. The molecule has 6 nitrogen and oxygen atoms in total. The Kier molecular flexibility index (Phi) is 3.62. The number of rotatable bonds is 2. The molecule has 1 aliphatic heterocycles. The molecule has 1 saturated heterocycles. The Labute approximate surface area is 116 Å². The molecule has 1 amide bonds. The third-order valence-corrected chi connectivity index (χ3v) is 3.37. The first kappa shape index (κ1) is 15.2. The van der Waals surface area contributed by atoms with E-state index in [1.165, 1.54) is 18.2 Å². The van der Waals surface area contributed by atoms with Gasteiger partial charge < -0.3 is 10.0 Å². The van der Waals surface area contributed by atoms with Crippen LogP contribution < -0.4 is 0 Å². The lowest BCUT2D eigenvalue weighted by Crippen LogP contribution is -2.48. The van der Waals surface area contributed by atoms with Gasteiger partial charge in [0.05, 0.1) is 11.5 Å². The summed E-state index contributed by atoms with van der Waals surface area (Å²) < 4.78 is 38.0. The van der Waals surface area contributed by atoms with Gasteiger partial charge in [0.2, 0.25) is 0 Å². The molecule has 0 aromatic heterocycles. The number of nitro groups is 1. The predicted octanol–water partition coefficient (Wildman–Crippen LogP) is 1.73. The third-order valence-electron chi connectivity index (χ3n) is 3.37. The van der Waals surface area contributed by atoms with Gasteiger partial charge in [-0.1, -0.05) is 6.07 Å². The number of carbonyl (C=O) groups excluding carboxylic acids is 1. The zero-order valence-electron chi connectivity index (χ0n) is 10.6. The highest BCUT2D eigenvalue weighted by molar-refractivity contribution is 5.95. The van der Waals surface area contributed by atoms with Crippen LogP contribution in [0, 0.1) is 10.1 Å². The van der Waals surface area contributed by atoms with Gasteiger partial charge in [0.1, 0.15) is 0 Å². The number of hydrogen-bond donors (Lipinski definition) is 1. The van der Waals surface area contributed by atoms with Crippen LogP contribution in [-0.4, -0.2) is 45.7 Å². The minimum absolute atomic E-state index is 0.0874. The minimum Gasteiger partial charge on any atom is -0.379 e. The van der Waals surface area contributed by atoms with Crippen molar-refractivity contribution in [3.05, 3.63) is 39.9 Å². The molecule has 0 saturated carbocycles. The molecule has 0 aliphatic carbocycles. The van der Waals surface area contributed by atoms with Crippen molar-refractivity contribution in [3.63, 3.8) is 0 Å². The van der Waals surface area contributed by atoms with Crippen molar-refractivity contribution < 1.29 is 28.0 Å². The first-order valence-corrected chi connectivity index (χ1v) is 5.97. The number of alkyl halides is 3. The molecule has 114 valence electrons. The molecule has 0 spiro atoms. The number of nitro benzene ring substituents is 1. The Morgan fingerprint density at radius 3 is 2.62 bits per heavy atom. The van der Waals surface area contributed by atoms with E-state index in [1.54, 1.807) is 0 Å². The fourth-order valence-corrected chi connectivity index (χ4v) is 2.13. The topological polar surface area (TPSA) is 83.7 Å². The van der Waals surface area contributed by atoms with Crippen LogP contribution in [0.1, 0.15) is 16.8 Å². The van der Waals surface area contributed by atoms with E-state index in [2.05, 4.69) is 0 Å². The van der Waals surface area contributed by atoms with Crippen molar-refractivity contribution in [2.24, 2.45) is 0 Å². The molecule has 1 aliphatic rings.